The van der Waals surface area contributed by atoms with Crippen LogP contribution in [-0.2, 0) is 0 Å². The number of ether oxygens (including phenoxy) is 2. The molecule has 0 heterocycles. The Kier molecular flexibility index (Phi) is 8.06. The minimum atomic E-state index is 0.739. The summed E-state index contributed by atoms with van der Waals surface area (Å²) in [6.07, 6.45) is 4.49. The average Bonchev–Trinajstić information content (AvgIpc) is 2.41. The first-order valence-electron chi connectivity index (χ1n) is 6.87. The molecule has 0 bridgehead atoms. The van der Waals surface area contributed by atoms with Crippen molar-refractivity contribution in [1.82, 2.24) is 5.32 Å². The van der Waals surface area contributed by atoms with Gasteiger partial charge in [0.05, 0.1) is 13.2 Å². The van der Waals surface area contributed by atoms with Crippen LogP contribution in [0.4, 0.5) is 0 Å². The maximum absolute atomic E-state index is 5.77. The van der Waals surface area contributed by atoms with E-state index in [1.807, 2.05) is 31.3 Å². The standard InChI is InChI=1S/C15H25NO2/c1-3-12-17-14-9-5-6-10-15(14)18-13-8-4-7-11-16-2/h5-6,9-10,16H,3-4,7-8,11-13H2,1-2H3. The normalized spacial score (nSPS) is 10.3. The van der Waals surface area contributed by atoms with Gasteiger partial charge in [0, 0.05) is 0 Å². The van der Waals surface area contributed by atoms with E-state index in [0.717, 1.165) is 44.1 Å². The van der Waals surface area contributed by atoms with E-state index < -0.39 is 0 Å². The van der Waals surface area contributed by atoms with Crippen LogP contribution in [0.25, 0.3) is 0 Å². The lowest BCUT2D eigenvalue weighted by molar-refractivity contribution is 0.263. The van der Waals surface area contributed by atoms with Crippen molar-refractivity contribution >= 4 is 0 Å². The van der Waals surface area contributed by atoms with Gasteiger partial charge in [-0.05, 0) is 51.4 Å². The Hall–Kier alpha value is -1.22. The molecule has 0 aliphatic carbocycles. The van der Waals surface area contributed by atoms with Gasteiger partial charge in [0.25, 0.3) is 0 Å². The smallest absolute Gasteiger partial charge is 0.161 e. The van der Waals surface area contributed by atoms with Crippen LogP contribution in [0.15, 0.2) is 24.3 Å². The molecular formula is C15H25NO2. The Bertz CT molecular complexity index is 315. The van der Waals surface area contributed by atoms with Gasteiger partial charge in [-0.2, -0.15) is 0 Å². The van der Waals surface area contributed by atoms with E-state index in [0.29, 0.717) is 0 Å². The minimum Gasteiger partial charge on any atom is -0.490 e. The van der Waals surface area contributed by atoms with E-state index in [2.05, 4.69) is 12.2 Å². The van der Waals surface area contributed by atoms with Crippen molar-refractivity contribution in [3.63, 3.8) is 0 Å². The summed E-state index contributed by atoms with van der Waals surface area (Å²) in [6, 6.07) is 7.89. The summed E-state index contributed by atoms with van der Waals surface area (Å²) in [7, 11) is 1.98. The lowest BCUT2D eigenvalue weighted by atomic mass is 10.2. The molecule has 3 heteroatoms. The van der Waals surface area contributed by atoms with Crippen LogP contribution in [0.5, 0.6) is 11.5 Å². The van der Waals surface area contributed by atoms with E-state index in [-0.39, 0.29) is 0 Å². The highest BCUT2D eigenvalue weighted by atomic mass is 16.5. The number of hydrogen-bond donors (Lipinski definition) is 1. The van der Waals surface area contributed by atoms with Crippen molar-refractivity contribution in [2.75, 3.05) is 26.8 Å². The highest BCUT2D eigenvalue weighted by Gasteiger charge is 2.03. The Balaban J connectivity index is 2.27. The van der Waals surface area contributed by atoms with Gasteiger partial charge in [0.15, 0.2) is 11.5 Å². The Morgan fingerprint density at radius 3 is 2.22 bits per heavy atom. The Morgan fingerprint density at radius 1 is 0.944 bits per heavy atom. The van der Waals surface area contributed by atoms with Crippen LogP contribution in [-0.4, -0.2) is 26.8 Å². The monoisotopic (exact) mass is 251 g/mol. The number of nitrogens with one attached hydrogen (secondary N) is 1. The van der Waals surface area contributed by atoms with Gasteiger partial charge in [-0.15, -0.1) is 0 Å². The molecule has 102 valence electrons. The fourth-order valence-electron chi connectivity index (χ4n) is 1.66. The van der Waals surface area contributed by atoms with Gasteiger partial charge in [-0.1, -0.05) is 19.1 Å². The first-order chi connectivity index (χ1) is 8.88. The second kappa shape index (κ2) is 9.77. The maximum atomic E-state index is 5.77. The van der Waals surface area contributed by atoms with Crippen LogP contribution in [0.2, 0.25) is 0 Å². The van der Waals surface area contributed by atoms with Crippen molar-refractivity contribution in [3.8, 4) is 11.5 Å². The van der Waals surface area contributed by atoms with Crippen molar-refractivity contribution in [1.29, 1.82) is 0 Å². The van der Waals surface area contributed by atoms with Gasteiger partial charge in [-0.3, -0.25) is 0 Å². The zero-order valence-electron chi connectivity index (χ0n) is 11.6. The number of rotatable bonds is 10. The SMILES string of the molecule is CCCOc1ccccc1OCCCCCNC. The van der Waals surface area contributed by atoms with Gasteiger partial charge in [0.1, 0.15) is 0 Å². The van der Waals surface area contributed by atoms with Crippen LogP contribution < -0.4 is 14.8 Å². The fourth-order valence-corrected chi connectivity index (χ4v) is 1.66. The maximum Gasteiger partial charge on any atom is 0.161 e. The molecule has 3 nitrogen and oxygen atoms in total. The Labute approximate surface area is 110 Å². The molecule has 1 aromatic rings. The summed E-state index contributed by atoms with van der Waals surface area (Å²) in [4.78, 5) is 0. The lowest BCUT2D eigenvalue weighted by Crippen LogP contribution is -2.08. The van der Waals surface area contributed by atoms with Crippen molar-refractivity contribution in [3.05, 3.63) is 24.3 Å². The molecule has 0 amide bonds. The van der Waals surface area contributed by atoms with Gasteiger partial charge in [0.2, 0.25) is 0 Å². The molecule has 0 aliphatic heterocycles. The number of unbranched alkanes of at least 4 members (excludes halogenated alkanes) is 2. The zero-order valence-corrected chi connectivity index (χ0v) is 11.6. The van der Waals surface area contributed by atoms with E-state index in [9.17, 15) is 0 Å². The number of hydrogen-bond acceptors (Lipinski definition) is 3. The molecule has 0 spiro atoms. The van der Waals surface area contributed by atoms with E-state index in [1.165, 1.54) is 12.8 Å². The molecular weight excluding hydrogens is 226 g/mol. The van der Waals surface area contributed by atoms with E-state index in [4.69, 9.17) is 9.47 Å². The molecule has 0 unspecified atom stereocenters. The molecule has 18 heavy (non-hydrogen) atoms. The first kappa shape index (κ1) is 14.8. The van der Waals surface area contributed by atoms with Crippen molar-refractivity contribution in [2.45, 2.75) is 32.6 Å². The second-order valence-corrected chi connectivity index (χ2v) is 4.31. The van der Waals surface area contributed by atoms with Crippen LogP contribution in [0.3, 0.4) is 0 Å². The van der Waals surface area contributed by atoms with E-state index in [1.54, 1.807) is 0 Å². The fraction of sp³-hybridized carbons (Fsp3) is 0.600. The third-order valence-corrected chi connectivity index (χ3v) is 2.64. The zero-order chi connectivity index (χ0) is 13.1. The highest BCUT2D eigenvalue weighted by Crippen LogP contribution is 2.26. The second-order valence-electron chi connectivity index (χ2n) is 4.31. The molecule has 0 atom stereocenters. The lowest BCUT2D eigenvalue weighted by Gasteiger charge is -2.12. The quantitative estimate of drug-likeness (QED) is 0.648. The first-order valence-corrected chi connectivity index (χ1v) is 6.87. The molecule has 1 N–H and O–H groups in total. The average molecular weight is 251 g/mol. The van der Waals surface area contributed by atoms with Crippen molar-refractivity contribution < 1.29 is 9.47 Å². The Morgan fingerprint density at radius 2 is 1.61 bits per heavy atom. The van der Waals surface area contributed by atoms with Crippen molar-refractivity contribution in [2.24, 2.45) is 0 Å². The van der Waals surface area contributed by atoms with Crippen LogP contribution in [0.1, 0.15) is 32.6 Å². The largest absolute Gasteiger partial charge is 0.490 e. The predicted octanol–water partition coefficient (Wildman–Crippen LogP) is 3.24. The third kappa shape index (κ3) is 5.92. The highest BCUT2D eigenvalue weighted by molar-refractivity contribution is 5.39. The number of para-hydroxylation sites is 2. The molecule has 0 aromatic heterocycles. The summed E-state index contributed by atoms with van der Waals surface area (Å²) >= 11 is 0. The topological polar surface area (TPSA) is 30.5 Å². The minimum absolute atomic E-state index is 0.739. The molecule has 0 radical (unpaired) electrons. The molecule has 0 saturated carbocycles. The molecule has 0 saturated heterocycles. The van der Waals surface area contributed by atoms with Gasteiger partial charge >= 0.3 is 0 Å². The summed E-state index contributed by atoms with van der Waals surface area (Å²) in [5.74, 6) is 1.72. The van der Waals surface area contributed by atoms with Gasteiger partial charge in [-0.25, -0.2) is 0 Å². The van der Waals surface area contributed by atoms with Crippen LogP contribution >= 0.6 is 0 Å². The molecule has 0 aliphatic rings. The molecule has 0 fully saturated rings. The summed E-state index contributed by atoms with van der Waals surface area (Å²) in [6.45, 7) is 4.68. The van der Waals surface area contributed by atoms with E-state index >= 15 is 0 Å². The third-order valence-electron chi connectivity index (χ3n) is 2.64. The summed E-state index contributed by atoms with van der Waals surface area (Å²) in [5.41, 5.74) is 0. The molecule has 1 rings (SSSR count). The summed E-state index contributed by atoms with van der Waals surface area (Å²) in [5, 5.41) is 3.15. The molecule has 1 aromatic carbocycles. The van der Waals surface area contributed by atoms with Crippen LogP contribution in [0, 0.1) is 0 Å². The summed E-state index contributed by atoms with van der Waals surface area (Å²) < 4.78 is 11.4. The predicted molar refractivity (Wildman–Crippen MR) is 75.5 cm³/mol. The number of benzene rings is 1. The van der Waals surface area contributed by atoms with Gasteiger partial charge < -0.3 is 14.8 Å².